The van der Waals surface area contributed by atoms with E-state index in [0.29, 0.717) is 20.1 Å². The summed E-state index contributed by atoms with van der Waals surface area (Å²) in [5.41, 5.74) is 5.80. The summed E-state index contributed by atoms with van der Waals surface area (Å²) < 4.78 is 1.31. The third-order valence-corrected chi connectivity index (χ3v) is 4.34. The summed E-state index contributed by atoms with van der Waals surface area (Å²) in [4.78, 5) is 24.1. The van der Waals surface area contributed by atoms with E-state index in [-0.39, 0.29) is 16.9 Å². The highest BCUT2D eigenvalue weighted by atomic mass is 79.9. The third-order valence-electron chi connectivity index (χ3n) is 2.75. The van der Waals surface area contributed by atoms with Gasteiger partial charge < -0.3 is 0 Å². The van der Waals surface area contributed by atoms with E-state index in [2.05, 4.69) is 48.0 Å². The maximum absolute atomic E-state index is 12.1. The fourth-order valence-corrected chi connectivity index (χ4v) is 2.75. The Labute approximate surface area is 155 Å². The molecule has 118 valence electrons. The van der Waals surface area contributed by atoms with Crippen molar-refractivity contribution in [3.05, 3.63) is 68.6 Å². The summed E-state index contributed by atoms with van der Waals surface area (Å²) in [6, 6.07) is 13.9. The summed E-state index contributed by atoms with van der Waals surface area (Å²) in [5, 5.41) is 2.48. The molecule has 2 rings (SSSR count). The van der Waals surface area contributed by atoms with Crippen molar-refractivity contribution in [2.75, 3.05) is 0 Å². The number of hydrazine groups is 1. The minimum Gasteiger partial charge on any atom is -0.298 e. The van der Waals surface area contributed by atoms with Crippen LogP contribution < -0.4 is 16.2 Å². The van der Waals surface area contributed by atoms with Gasteiger partial charge in [0, 0.05) is 8.95 Å². The number of hydrogen-bond donors (Lipinski definition) is 3. The maximum atomic E-state index is 12.1. The maximum Gasteiger partial charge on any atom is 0.270 e. The monoisotopic (exact) mass is 455 g/mol. The summed E-state index contributed by atoms with van der Waals surface area (Å²) in [7, 11) is 0. The molecule has 5 nitrogen and oxygen atoms in total. The number of rotatable bonds is 2. The quantitative estimate of drug-likeness (QED) is 0.479. The van der Waals surface area contributed by atoms with Gasteiger partial charge in [-0.15, -0.1) is 0 Å². The highest BCUT2D eigenvalue weighted by Crippen LogP contribution is 2.16. The van der Waals surface area contributed by atoms with Gasteiger partial charge in [-0.1, -0.05) is 24.3 Å². The Kier molecular flexibility index (Phi) is 6.26. The molecule has 0 spiro atoms. The highest BCUT2D eigenvalue weighted by Gasteiger charge is 2.12. The van der Waals surface area contributed by atoms with E-state index in [9.17, 15) is 9.59 Å². The van der Waals surface area contributed by atoms with Crippen LogP contribution in [0.3, 0.4) is 0 Å². The second-order valence-corrected chi connectivity index (χ2v) is 6.44. The van der Waals surface area contributed by atoms with Gasteiger partial charge in [0.15, 0.2) is 5.11 Å². The second-order valence-electron chi connectivity index (χ2n) is 4.32. The normalized spacial score (nSPS) is 9.83. The molecule has 0 saturated heterocycles. The van der Waals surface area contributed by atoms with E-state index in [1.807, 2.05) is 0 Å². The fourth-order valence-electron chi connectivity index (χ4n) is 1.67. The van der Waals surface area contributed by atoms with Crippen LogP contribution in [0.25, 0.3) is 0 Å². The minimum atomic E-state index is -0.384. The molecule has 2 aromatic rings. The molecule has 0 fully saturated rings. The number of carbonyl (C=O) groups is 2. The van der Waals surface area contributed by atoms with Crippen LogP contribution in [0, 0.1) is 0 Å². The van der Waals surface area contributed by atoms with Crippen LogP contribution in [0.2, 0.25) is 0 Å². The Hall–Kier alpha value is -1.77. The molecule has 23 heavy (non-hydrogen) atoms. The molecule has 8 heteroatoms. The van der Waals surface area contributed by atoms with Crippen LogP contribution in [0.5, 0.6) is 0 Å². The predicted molar refractivity (Wildman–Crippen MR) is 99.0 cm³/mol. The van der Waals surface area contributed by atoms with Crippen LogP contribution >= 0.6 is 44.1 Å². The molecular weight excluding hydrogens is 446 g/mol. The molecule has 0 heterocycles. The highest BCUT2D eigenvalue weighted by molar-refractivity contribution is 9.10. The van der Waals surface area contributed by atoms with E-state index in [0.717, 1.165) is 0 Å². The SMILES string of the molecule is O=C(NNC(=S)NC(=O)c1ccccc1Br)c1ccccc1Br. The minimum absolute atomic E-state index is 0.00819. The number of halogens is 2. The number of carbonyl (C=O) groups excluding carboxylic acids is 2. The van der Waals surface area contributed by atoms with Gasteiger partial charge >= 0.3 is 0 Å². The number of amides is 2. The number of hydrogen-bond acceptors (Lipinski definition) is 3. The molecule has 0 atom stereocenters. The Morgan fingerprint density at radius 1 is 0.783 bits per heavy atom. The van der Waals surface area contributed by atoms with Gasteiger partial charge in [0.25, 0.3) is 11.8 Å². The van der Waals surface area contributed by atoms with Gasteiger partial charge in [0.2, 0.25) is 0 Å². The Bertz CT molecular complexity index is 768. The first kappa shape index (κ1) is 17.6. The van der Waals surface area contributed by atoms with Crippen molar-refractivity contribution < 1.29 is 9.59 Å². The second kappa shape index (κ2) is 8.19. The fraction of sp³-hybridized carbons (Fsp3) is 0. The van der Waals surface area contributed by atoms with Gasteiger partial charge in [-0.05, 0) is 68.3 Å². The van der Waals surface area contributed by atoms with Crippen LogP contribution in [0.15, 0.2) is 57.5 Å². The lowest BCUT2D eigenvalue weighted by Gasteiger charge is -2.12. The van der Waals surface area contributed by atoms with Gasteiger partial charge in [-0.3, -0.25) is 25.8 Å². The molecule has 0 aliphatic carbocycles. The van der Waals surface area contributed by atoms with Crippen molar-refractivity contribution in [1.82, 2.24) is 16.2 Å². The molecule has 3 N–H and O–H groups in total. The molecule has 0 radical (unpaired) electrons. The van der Waals surface area contributed by atoms with E-state index in [4.69, 9.17) is 12.2 Å². The summed E-state index contributed by atoms with van der Waals surface area (Å²) >= 11 is 11.6. The smallest absolute Gasteiger partial charge is 0.270 e. The predicted octanol–water partition coefficient (Wildman–Crippen LogP) is 3.16. The number of thiocarbonyl (C=S) groups is 1. The van der Waals surface area contributed by atoms with Gasteiger partial charge in [0.05, 0.1) is 11.1 Å². The first-order valence-electron chi connectivity index (χ1n) is 6.40. The first-order valence-corrected chi connectivity index (χ1v) is 8.39. The van der Waals surface area contributed by atoms with Crippen molar-refractivity contribution in [3.63, 3.8) is 0 Å². The zero-order valence-corrected chi connectivity index (χ0v) is 15.6. The zero-order chi connectivity index (χ0) is 16.8. The molecule has 2 aromatic carbocycles. The number of nitrogens with one attached hydrogen (secondary N) is 3. The van der Waals surface area contributed by atoms with Crippen molar-refractivity contribution >= 4 is 61.0 Å². The Balaban J connectivity index is 1.91. The Morgan fingerprint density at radius 2 is 1.26 bits per heavy atom. The Morgan fingerprint density at radius 3 is 1.78 bits per heavy atom. The zero-order valence-electron chi connectivity index (χ0n) is 11.6. The molecule has 0 aromatic heterocycles. The average molecular weight is 457 g/mol. The van der Waals surface area contributed by atoms with Gasteiger partial charge in [-0.25, -0.2) is 0 Å². The summed E-state index contributed by atoms with van der Waals surface area (Å²) in [6.45, 7) is 0. The van der Waals surface area contributed by atoms with Crippen LogP contribution in [0.4, 0.5) is 0 Å². The third kappa shape index (κ3) is 4.85. The van der Waals surface area contributed by atoms with Gasteiger partial charge in [0.1, 0.15) is 0 Å². The van der Waals surface area contributed by atoms with Crippen LogP contribution in [-0.2, 0) is 0 Å². The topological polar surface area (TPSA) is 70.2 Å². The molecular formula is C15H11Br2N3O2S. The molecule has 0 aliphatic heterocycles. The first-order chi connectivity index (χ1) is 11.0. The summed E-state index contributed by atoms with van der Waals surface area (Å²) in [5.74, 6) is -0.764. The van der Waals surface area contributed by atoms with Gasteiger partial charge in [-0.2, -0.15) is 0 Å². The van der Waals surface area contributed by atoms with Crippen molar-refractivity contribution in [1.29, 1.82) is 0 Å². The van der Waals surface area contributed by atoms with Crippen molar-refractivity contribution in [2.24, 2.45) is 0 Å². The van der Waals surface area contributed by atoms with E-state index >= 15 is 0 Å². The van der Waals surface area contributed by atoms with E-state index in [1.165, 1.54) is 0 Å². The summed E-state index contributed by atoms with van der Waals surface area (Å²) in [6.07, 6.45) is 0. The lowest BCUT2D eigenvalue weighted by molar-refractivity contribution is 0.0934. The lowest BCUT2D eigenvalue weighted by atomic mass is 10.2. The van der Waals surface area contributed by atoms with Crippen LogP contribution in [-0.4, -0.2) is 16.9 Å². The molecule has 2 amide bonds. The van der Waals surface area contributed by atoms with E-state index in [1.54, 1.807) is 48.5 Å². The average Bonchev–Trinajstić information content (AvgIpc) is 2.53. The number of benzene rings is 2. The van der Waals surface area contributed by atoms with Crippen molar-refractivity contribution in [3.8, 4) is 0 Å². The molecule has 0 aliphatic rings. The van der Waals surface area contributed by atoms with Crippen molar-refractivity contribution in [2.45, 2.75) is 0 Å². The van der Waals surface area contributed by atoms with E-state index < -0.39 is 0 Å². The molecule has 0 bridgehead atoms. The molecule has 0 saturated carbocycles. The van der Waals surface area contributed by atoms with Crippen LogP contribution in [0.1, 0.15) is 20.7 Å². The molecule has 0 unspecified atom stereocenters. The standard InChI is InChI=1S/C15H11Br2N3O2S/c16-11-7-3-1-5-9(11)13(21)18-15(23)20-19-14(22)10-6-2-4-8-12(10)17/h1-8H,(H,19,22)(H2,18,20,21,23). The largest absolute Gasteiger partial charge is 0.298 e. The lowest BCUT2D eigenvalue weighted by Crippen LogP contribution is -2.48.